The Labute approximate surface area is 107 Å². The molecule has 0 aromatic heterocycles. The van der Waals surface area contributed by atoms with Crippen molar-refractivity contribution in [1.29, 1.82) is 0 Å². The van der Waals surface area contributed by atoms with Crippen LogP contribution >= 0.6 is 10.0 Å². The monoisotopic (exact) mass is 248 g/mol. The summed E-state index contributed by atoms with van der Waals surface area (Å²) in [6.45, 7) is 6.78. The fourth-order valence-corrected chi connectivity index (χ4v) is 3.96. The van der Waals surface area contributed by atoms with Crippen molar-refractivity contribution in [2.45, 2.75) is 27.2 Å². The molecule has 0 unspecified atom stereocenters. The lowest BCUT2D eigenvalue weighted by atomic mass is 9.93. The third-order valence-electron chi connectivity index (χ3n) is 3.64. The van der Waals surface area contributed by atoms with Crippen molar-refractivity contribution in [2.24, 2.45) is 0 Å². The van der Waals surface area contributed by atoms with Crippen molar-refractivity contribution < 1.29 is 0 Å². The van der Waals surface area contributed by atoms with E-state index in [0.29, 0.717) is 0 Å². The first kappa shape index (κ1) is 12.8. The fourth-order valence-electron chi connectivity index (χ4n) is 2.76. The first-order valence-corrected chi connectivity index (χ1v) is 9.27. The minimum atomic E-state index is -0.461. The summed E-state index contributed by atoms with van der Waals surface area (Å²) < 4.78 is 0. The predicted molar refractivity (Wildman–Crippen MR) is 82.6 cm³/mol. The molecule has 0 saturated carbocycles. The minimum Gasteiger partial charge on any atom is -0.246 e. The van der Waals surface area contributed by atoms with Gasteiger partial charge in [-0.1, -0.05) is 12.1 Å². The van der Waals surface area contributed by atoms with Gasteiger partial charge in [0.15, 0.2) is 0 Å². The molecule has 2 rings (SSSR count). The van der Waals surface area contributed by atoms with Crippen LogP contribution in [0.1, 0.15) is 27.8 Å². The topological polar surface area (TPSA) is 0 Å². The molecule has 0 saturated heterocycles. The van der Waals surface area contributed by atoms with Crippen LogP contribution < -0.4 is 0 Å². The van der Waals surface area contributed by atoms with Gasteiger partial charge in [0.05, 0.1) is 0 Å². The van der Waals surface area contributed by atoms with Gasteiger partial charge >= 0.3 is 0 Å². The van der Waals surface area contributed by atoms with Gasteiger partial charge in [-0.3, -0.25) is 0 Å². The molecule has 1 aliphatic carbocycles. The van der Waals surface area contributed by atoms with E-state index in [2.05, 4.69) is 51.7 Å². The predicted octanol–water partition coefficient (Wildman–Crippen LogP) is 4.25. The Kier molecular flexibility index (Phi) is 3.15. The van der Waals surface area contributed by atoms with Crippen molar-refractivity contribution >= 4 is 15.6 Å². The molecule has 17 heavy (non-hydrogen) atoms. The number of hydrogen-bond acceptors (Lipinski definition) is 0. The van der Waals surface area contributed by atoms with E-state index >= 15 is 0 Å². The third kappa shape index (κ3) is 2.44. The Balaban J connectivity index is 2.49. The normalized spacial score (nSPS) is 15.8. The Hall–Kier alpha value is -0.690. The molecule has 0 heterocycles. The highest BCUT2D eigenvalue weighted by Gasteiger charge is 2.21. The largest absolute Gasteiger partial charge is 0.246 e. The Morgan fingerprint density at radius 2 is 1.71 bits per heavy atom. The molecule has 0 spiro atoms. The molecule has 0 radical (unpaired) electrons. The van der Waals surface area contributed by atoms with Gasteiger partial charge in [0, 0.05) is 5.75 Å². The van der Waals surface area contributed by atoms with Gasteiger partial charge in [0.1, 0.15) is 0 Å². The maximum absolute atomic E-state index is 2.46. The van der Waals surface area contributed by atoms with Crippen LogP contribution in [0.15, 0.2) is 12.1 Å². The third-order valence-corrected chi connectivity index (χ3v) is 4.82. The van der Waals surface area contributed by atoms with Crippen LogP contribution in [0.5, 0.6) is 0 Å². The Bertz CT molecular complexity index is 487. The summed E-state index contributed by atoms with van der Waals surface area (Å²) in [5.41, 5.74) is 9.16. The van der Waals surface area contributed by atoms with Crippen LogP contribution in [0.25, 0.3) is 5.57 Å². The van der Waals surface area contributed by atoms with Gasteiger partial charge in [-0.05, 0) is 79.3 Å². The first-order valence-electron chi connectivity index (χ1n) is 6.24. The number of hydrogen-bond donors (Lipinski definition) is 0. The van der Waals surface area contributed by atoms with E-state index in [1.165, 1.54) is 22.4 Å². The highest BCUT2D eigenvalue weighted by molar-refractivity contribution is 8.32. The molecule has 0 atom stereocenters. The van der Waals surface area contributed by atoms with Gasteiger partial charge in [0.25, 0.3) is 0 Å². The van der Waals surface area contributed by atoms with Crippen LogP contribution in [0.3, 0.4) is 0 Å². The zero-order chi connectivity index (χ0) is 12.8. The second-order valence-electron chi connectivity index (χ2n) is 6.16. The smallest absolute Gasteiger partial charge is 0.00208 e. The van der Waals surface area contributed by atoms with E-state index in [1.54, 1.807) is 16.7 Å². The van der Waals surface area contributed by atoms with E-state index in [-0.39, 0.29) is 0 Å². The van der Waals surface area contributed by atoms with E-state index < -0.39 is 10.0 Å². The molecule has 0 nitrogen and oxygen atoms in total. The van der Waals surface area contributed by atoms with E-state index in [4.69, 9.17) is 0 Å². The van der Waals surface area contributed by atoms with Gasteiger partial charge in [-0.15, -0.1) is 0 Å². The van der Waals surface area contributed by atoms with Gasteiger partial charge in [-0.2, -0.15) is 0 Å². The summed E-state index contributed by atoms with van der Waals surface area (Å²) in [7, 11) is -0.461. The maximum atomic E-state index is 2.46. The quantitative estimate of drug-likeness (QED) is 0.734. The lowest BCUT2D eigenvalue weighted by Gasteiger charge is -2.27. The summed E-state index contributed by atoms with van der Waals surface area (Å²) >= 11 is 0. The summed E-state index contributed by atoms with van der Waals surface area (Å²) in [4.78, 5) is 0. The Morgan fingerprint density at radius 3 is 2.29 bits per heavy atom. The molecule has 1 heteroatoms. The maximum Gasteiger partial charge on any atom is 0.00208 e. The van der Waals surface area contributed by atoms with E-state index in [9.17, 15) is 0 Å². The number of aryl methyl sites for hydroxylation is 2. The molecule has 0 aliphatic heterocycles. The van der Waals surface area contributed by atoms with Crippen molar-refractivity contribution in [2.75, 3.05) is 24.5 Å². The second kappa shape index (κ2) is 4.20. The van der Waals surface area contributed by atoms with Crippen molar-refractivity contribution in [1.82, 2.24) is 0 Å². The highest BCUT2D eigenvalue weighted by Crippen LogP contribution is 2.44. The zero-order valence-corrected chi connectivity index (χ0v) is 12.8. The van der Waals surface area contributed by atoms with Crippen molar-refractivity contribution in [3.05, 3.63) is 40.0 Å². The number of allylic oxidation sites excluding steroid dienone is 1. The Morgan fingerprint density at radius 1 is 1.06 bits per heavy atom. The lowest BCUT2D eigenvalue weighted by molar-refractivity contribution is 1.19. The summed E-state index contributed by atoms with van der Waals surface area (Å²) in [6.07, 6.45) is 10.8. The van der Waals surface area contributed by atoms with Crippen LogP contribution in [0.4, 0.5) is 0 Å². The molecule has 0 fully saturated rings. The van der Waals surface area contributed by atoms with Gasteiger partial charge < -0.3 is 0 Å². The molecule has 1 aromatic rings. The SMILES string of the molecule is Cc1cc(C)c2c(c1C)C(CS(C)(C)C)=CC2. The minimum absolute atomic E-state index is 0.461. The van der Waals surface area contributed by atoms with E-state index in [0.717, 1.165) is 6.42 Å². The van der Waals surface area contributed by atoms with Crippen molar-refractivity contribution in [3.63, 3.8) is 0 Å². The number of benzene rings is 1. The van der Waals surface area contributed by atoms with Crippen molar-refractivity contribution in [3.8, 4) is 0 Å². The number of fused-ring (bicyclic) bond motifs is 1. The van der Waals surface area contributed by atoms with Crippen LogP contribution in [0, 0.1) is 20.8 Å². The highest BCUT2D eigenvalue weighted by atomic mass is 32.3. The molecule has 0 amide bonds. The fraction of sp³-hybridized carbons (Fsp3) is 0.500. The molecular formula is C16H24S. The molecule has 1 aliphatic rings. The zero-order valence-electron chi connectivity index (χ0n) is 12.0. The van der Waals surface area contributed by atoms with Gasteiger partial charge in [0.2, 0.25) is 0 Å². The molecular weight excluding hydrogens is 224 g/mol. The van der Waals surface area contributed by atoms with Crippen LogP contribution in [-0.4, -0.2) is 24.5 Å². The van der Waals surface area contributed by atoms with Crippen LogP contribution in [0.2, 0.25) is 0 Å². The lowest BCUT2D eigenvalue weighted by Crippen LogP contribution is -2.03. The van der Waals surface area contributed by atoms with Crippen LogP contribution in [-0.2, 0) is 6.42 Å². The summed E-state index contributed by atoms with van der Waals surface area (Å²) in [6, 6.07) is 2.34. The standard InChI is InChI=1S/C16H24S/c1-11-9-12(2)15-8-7-14(10-17(4,5)6)16(15)13(11)3/h7,9H,8,10H2,1-6H3. The average molecular weight is 248 g/mol. The molecule has 0 N–H and O–H groups in total. The number of rotatable bonds is 2. The van der Waals surface area contributed by atoms with Gasteiger partial charge in [-0.25, -0.2) is 10.0 Å². The summed E-state index contributed by atoms with van der Waals surface area (Å²) in [5, 5.41) is 0. The molecule has 1 aromatic carbocycles. The molecule has 0 bridgehead atoms. The summed E-state index contributed by atoms with van der Waals surface area (Å²) in [5.74, 6) is 1.27. The molecule has 94 valence electrons. The average Bonchev–Trinajstić information content (AvgIpc) is 2.56. The second-order valence-corrected chi connectivity index (χ2v) is 10.6. The van der Waals surface area contributed by atoms with E-state index in [1.807, 2.05) is 0 Å². The first-order chi connectivity index (χ1) is 7.79.